The maximum Gasteiger partial charge on any atom is 0.334 e. The Kier molecular flexibility index (Phi) is 7.01. The third-order valence-corrected chi connectivity index (χ3v) is 5.77. The second kappa shape index (κ2) is 10.3. The van der Waals surface area contributed by atoms with Crippen LogP contribution in [0.5, 0.6) is 11.5 Å². The quantitative estimate of drug-likeness (QED) is 0.493. The number of amides is 2. The number of urea groups is 1. The fourth-order valence-electron chi connectivity index (χ4n) is 3.98. The molecule has 9 nitrogen and oxygen atoms in total. The fourth-order valence-corrected chi connectivity index (χ4v) is 3.98. The molecule has 2 aromatic carbocycles. The Balaban J connectivity index is 1.95. The number of methoxy groups -OCH3 is 2. The van der Waals surface area contributed by atoms with Crippen molar-refractivity contribution in [1.82, 2.24) is 4.98 Å². The molecule has 1 aliphatic rings. The zero-order valence-electron chi connectivity index (χ0n) is 20.2. The van der Waals surface area contributed by atoms with Crippen molar-refractivity contribution in [1.29, 1.82) is 5.26 Å². The number of rotatable bonds is 6. The number of carbonyl (C=O) groups excluding carboxylic acids is 1. The Morgan fingerprint density at radius 3 is 2.35 bits per heavy atom. The van der Waals surface area contributed by atoms with Gasteiger partial charge in [-0.3, -0.25) is 19.8 Å². The molecule has 0 fully saturated rings. The van der Waals surface area contributed by atoms with Gasteiger partial charge in [0.15, 0.2) is 23.1 Å². The van der Waals surface area contributed by atoms with Gasteiger partial charge in [0.05, 0.1) is 49.5 Å². The molecule has 0 saturated heterocycles. The number of nitriles is 1. The minimum absolute atomic E-state index is 0.193. The summed E-state index contributed by atoms with van der Waals surface area (Å²) in [5, 5.41) is 9.19. The molecule has 37 heavy (non-hydrogen) atoms. The summed E-state index contributed by atoms with van der Waals surface area (Å²) >= 11 is 0. The maximum atomic E-state index is 15.4. The first kappa shape index (κ1) is 25.1. The summed E-state index contributed by atoms with van der Waals surface area (Å²) in [5.41, 5.74) is 7.72. The van der Waals surface area contributed by atoms with Crippen LogP contribution in [-0.4, -0.2) is 38.5 Å². The average Bonchev–Trinajstić information content (AvgIpc) is 2.92. The van der Waals surface area contributed by atoms with Gasteiger partial charge in [-0.1, -0.05) is 0 Å². The van der Waals surface area contributed by atoms with Gasteiger partial charge >= 0.3 is 6.03 Å². The summed E-state index contributed by atoms with van der Waals surface area (Å²) in [7, 11) is 4.03. The second-order valence-corrected chi connectivity index (χ2v) is 7.83. The van der Waals surface area contributed by atoms with Gasteiger partial charge in [-0.2, -0.15) is 5.26 Å². The Hall–Kier alpha value is -4.98. The van der Waals surface area contributed by atoms with Crippen molar-refractivity contribution < 1.29 is 23.0 Å². The summed E-state index contributed by atoms with van der Waals surface area (Å²) in [5.74, 6) is -2.70. The van der Waals surface area contributed by atoms with E-state index in [4.69, 9.17) is 15.2 Å². The van der Waals surface area contributed by atoms with Gasteiger partial charge in [-0.25, -0.2) is 13.6 Å². The van der Waals surface area contributed by atoms with Crippen LogP contribution in [0.25, 0.3) is 5.57 Å². The van der Waals surface area contributed by atoms with Gasteiger partial charge in [0, 0.05) is 42.9 Å². The molecule has 188 valence electrons. The molecule has 2 amide bonds. The molecule has 0 radical (unpaired) electrons. The highest BCUT2D eigenvalue weighted by Crippen LogP contribution is 2.43. The van der Waals surface area contributed by atoms with Crippen LogP contribution in [0.15, 0.2) is 53.8 Å². The average molecular weight is 504 g/mol. The number of hydrogen-bond acceptors (Lipinski definition) is 7. The number of ether oxygens (including phenoxy) is 2. The smallest absolute Gasteiger partial charge is 0.334 e. The molecule has 0 aliphatic carbocycles. The number of carbonyl (C=O) groups is 1. The van der Waals surface area contributed by atoms with E-state index in [9.17, 15) is 10.1 Å². The van der Waals surface area contributed by atoms with Crippen molar-refractivity contribution >= 4 is 34.9 Å². The number of benzene rings is 2. The molecule has 1 aromatic heterocycles. The lowest BCUT2D eigenvalue weighted by Gasteiger charge is -2.37. The number of fused-ring (bicyclic) bond motifs is 1. The van der Waals surface area contributed by atoms with E-state index in [1.807, 2.05) is 6.07 Å². The van der Waals surface area contributed by atoms with Gasteiger partial charge in [-0.05, 0) is 30.3 Å². The number of aromatic nitrogens is 1. The van der Waals surface area contributed by atoms with E-state index in [-0.39, 0.29) is 18.0 Å². The number of nitrogens with two attached hydrogens (primary N) is 1. The lowest BCUT2D eigenvalue weighted by molar-refractivity contribution is 0.251. The number of hydrogen-bond donors (Lipinski definition) is 1. The molecule has 1 aliphatic heterocycles. The third-order valence-electron chi connectivity index (χ3n) is 5.77. The summed E-state index contributed by atoms with van der Waals surface area (Å²) in [6.07, 6.45) is 4.35. The van der Waals surface area contributed by atoms with E-state index < -0.39 is 23.4 Å². The highest BCUT2D eigenvalue weighted by atomic mass is 19.1. The zero-order chi connectivity index (χ0) is 26.7. The van der Waals surface area contributed by atoms with E-state index in [1.54, 1.807) is 25.2 Å². The molecule has 0 spiro atoms. The third kappa shape index (κ3) is 4.40. The molecular formula is C26H22F2N6O3. The van der Waals surface area contributed by atoms with Gasteiger partial charge in [0.25, 0.3) is 0 Å². The molecule has 0 atom stereocenters. The minimum atomic E-state index is -1.06. The highest BCUT2D eigenvalue weighted by molar-refractivity contribution is 6.13. The van der Waals surface area contributed by atoms with Gasteiger partial charge in [0.1, 0.15) is 5.69 Å². The molecule has 0 unspecified atom stereocenters. The normalized spacial score (nSPS) is 13.5. The Morgan fingerprint density at radius 1 is 1.16 bits per heavy atom. The summed E-state index contributed by atoms with van der Waals surface area (Å²) in [6, 6.07) is 10.2. The first-order valence-electron chi connectivity index (χ1n) is 10.9. The van der Waals surface area contributed by atoms with Crippen molar-refractivity contribution in [3.05, 3.63) is 77.3 Å². The standard InChI is InChI=1S/C26H22F2N6O3/c1-31-12-16(11-30)19-8-20-17(13-32-19)14-33(25-23(27)21(36-2)9-22(37-3)24(25)28)26(35)34(20)18-6-4-15(10-29)5-7-18/h4-9,11-13H,14,30H2,1-3H3. The summed E-state index contributed by atoms with van der Waals surface area (Å²) in [6.45, 7) is -0.193. The van der Waals surface area contributed by atoms with Crippen LogP contribution in [0.4, 0.5) is 30.6 Å². The Labute approximate surface area is 211 Å². The fraction of sp³-hybridized carbons (Fsp3) is 0.154. The lowest BCUT2D eigenvalue weighted by atomic mass is 10.1. The number of allylic oxidation sites excluding steroid dienone is 1. The predicted molar refractivity (Wildman–Crippen MR) is 135 cm³/mol. The van der Waals surface area contributed by atoms with E-state index in [0.29, 0.717) is 33.8 Å². The Morgan fingerprint density at radius 2 is 1.81 bits per heavy atom. The van der Waals surface area contributed by atoms with E-state index in [1.165, 1.54) is 49.9 Å². The SMILES string of the molecule is CN=CC(=CN)c1cc2c(cn1)CN(c1c(F)c(OC)cc(OC)c1F)C(=O)N2c1ccc(C#N)cc1. The first-order chi connectivity index (χ1) is 17.9. The van der Waals surface area contributed by atoms with Crippen molar-refractivity contribution in [2.75, 3.05) is 31.1 Å². The van der Waals surface area contributed by atoms with Crippen LogP contribution in [0.2, 0.25) is 0 Å². The second-order valence-electron chi connectivity index (χ2n) is 7.83. The number of aliphatic imine (C=N–C) groups is 1. The van der Waals surface area contributed by atoms with Crippen LogP contribution in [0.1, 0.15) is 16.8 Å². The molecule has 11 heteroatoms. The van der Waals surface area contributed by atoms with Crippen LogP contribution >= 0.6 is 0 Å². The largest absolute Gasteiger partial charge is 0.493 e. The minimum Gasteiger partial charge on any atom is -0.493 e. The maximum absolute atomic E-state index is 15.4. The summed E-state index contributed by atoms with van der Waals surface area (Å²) < 4.78 is 40.9. The topological polar surface area (TPSA) is 117 Å². The molecule has 0 bridgehead atoms. The van der Waals surface area contributed by atoms with Crippen LogP contribution < -0.4 is 25.0 Å². The van der Waals surface area contributed by atoms with Crippen LogP contribution in [-0.2, 0) is 6.54 Å². The van der Waals surface area contributed by atoms with E-state index in [2.05, 4.69) is 9.98 Å². The monoisotopic (exact) mass is 504 g/mol. The Bertz CT molecular complexity index is 1440. The number of pyridine rings is 1. The van der Waals surface area contributed by atoms with Crippen molar-refractivity contribution in [2.24, 2.45) is 10.7 Å². The number of anilines is 3. The summed E-state index contributed by atoms with van der Waals surface area (Å²) in [4.78, 5) is 24.5. The van der Waals surface area contributed by atoms with Crippen LogP contribution in [0, 0.1) is 23.0 Å². The zero-order valence-corrected chi connectivity index (χ0v) is 20.2. The van der Waals surface area contributed by atoms with Crippen molar-refractivity contribution in [3.8, 4) is 17.6 Å². The lowest BCUT2D eigenvalue weighted by Crippen LogP contribution is -2.46. The van der Waals surface area contributed by atoms with Gasteiger partial charge < -0.3 is 15.2 Å². The van der Waals surface area contributed by atoms with E-state index in [0.717, 1.165) is 11.0 Å². The van der Waals surface area contributed by atoms with Crippen molar-refractivity contribution in [3.63, 3.8) is 0 Å². The van der Waals surface area contributed by atoms with Gasteiger partial charge in [0.2, 0.25) is 0 Å². The highest BCUT2D eigenvalue weighted by Gasteiger charge is 2.37. The molecule has 0 saturated carbocycles. The van der Waals surface area contributed by atoms with Crippen molar-refractivity contribution in [2.45, 2.75) is 6.54 Å². The molecule has 2 N–H and O–H groups in total. The molecule has 3 aromatic rings. The molecule has 2 heterocycles. The van der Waals surface area contributed by atoms with E-state index >= 15 is 8.78 Å². The molecule has 4 rings (SSSR count). The molecular weight excluding hydrogens is 482 g/mol. The predicted octanol–water partition coefficient (Wildman–Crippen LogP) is 4.53. The number of halogens is 2. The van der Waals surface area contributed by atoms with Crippen LogP contribution in [0.3, 0.4) is 0 Å². The van der Waals surface area contributed by atoms with Gasteiger partial charge in [-0.15, -0.1) is 0 Å². The first-order valence-corrected chi connectivity index (χ1v) is 10.9. The number of nitrogens with zero attached hydrogens (tertiary/aromatic N) is 5.